The molecular formula is C28H28ClN3. The number of aromatic nitrogens is 2. The third-order valence-electron chi connectivity index (χ3n) is 6.70. The normalized spacial score (nSPS) is 16.2. The van der Waals surface area contributed by atoms with Gasteiger partial charge in [0.25, 0.3) is 0 Å². The lowest BCUT2D eigenvalue weighted by molar-refractivity contribution is 0.170. The largest absolute Gasteiger partial charge is 0.297 e. The zero-order valence-electron chi connectivity index (χ0n) is 18.2. The van der Waals surface area contributed by atoms with Gasteiger partial charge in [0.15, 0.2) is 0 Å². The predicted octanol–water partition coefficient (Wildman–Crippen LogP) is 6.17. The molecule has 2 heterocycles. The second-order valence-electron chi connectivity index (χ2n) is 8.72. The number of piperidine rings is 1. The molecule has 3 aromatic carbocycles. The average Bonchev–Trinajstić information content (AvgIpc) is 3.29. The Morgan fingerprint density at radius 1 is 0.719 bits per heavy atom. The lowest BCUT2D eigenvalue weighted by Crippen LogP contribution is -2.43. The number of hydrogen-bond donors (Lipinski definition) is 0. The summed E-state index contributed by atoms with van der Waals surface area (Å²) in [6.45, 7) is 3.79. The van der Waals surface area contributed by atoms with Crippen molar-refractivity contribution in [1.29, 1.82) is 0 Å². The highest BCUT2D eigenvalue weighted by Crippen LogP contribution is 2.41. The average molecular weight is 442 g/mol. The minimum absolute atomic E-state index is 0.0902. The molecule has 162 valence electrons. The lowest BCUT2D eigenvalue weighted by Gasteiger charge is -2.42. The second kappa shape index (κ2) is 9.32. The first-order valence-electron chi connectivity index (χ1n) is 11.3. The van der Waals surface area contributed by atoms with Gasteiger partial charge in [-0.25, -0.2) is 0 Å². The standard InChI is InChI=1S/C28H28ClN3/c29-26-13-11-23(12-14-26)21-32-18-15-27(30-32)22-31-19-16-28(17-20-31,24-7-3-1-4-8-24)25-9-5-2-6-10-25/h1-15,18H,16-17,19-22H2. The molecule has 0 unspecified atom stereocenters. The van der Waals surface area contributed by atoms with E-state index in [9.17, 15) is 0 Å². The van der Waals surface area contributed by atoms with E-state index in [0.29, 0.717) is 0 Å². The highest BCUT2D eigenvalue weighted by atomic mass is 35.5. The van der Waals surface area contributed by atoms with Gasteiger partial charge in [-0.15, -0.1) is 0 Å². The molecule has 0 N–H and O–H groups in total. The van der Waals surface area contributed by atoms with Crippen LogP contribution in [0.5, 0.6) is 0 Å². The van der Waals surface area contributed by atoms with Crippen LogP contribution in [0.1, 0.15) is 35.2 Å². The molecule has 1 saturated heterocycles. The molecule has 0 saturated carbocycles. The molecule has 1 aliphatic rings. The van der Waals surface area contributed by atoms with Crippen LogP contribution in [-0.2, 0) is 18.5 Å². The van der Waals surface area contributed by atoms with E-state index in [4.69, 9.17) is 16.7 Å². The molecule has 0 aliphatic carbocycles. The molecule has 0 spiro atoms. The van der Waals surface area contributed by atoms with Crippen molar-refractivity contribution in [3.05, 3.63) is 125 Å². The van der Waals surface area contributed by atoms with Crippen LogP contribution in [0.3, 0.4) is 0 Å². The first kappa shape index (κ1) is 21.0. The Balaban J connectivity index is 1.27. The van der Waals surface area contributed by atoms with Gasteiger partial charge in [-0.05, 0) is 60.8 Å². The van der Waals surface area contributed by atoms with E-state index in [1.54, 1.807) is 0 Å². The number of hydrogen-bond acceptors (Lipinski definition) is 2. The van der Waals surface area contributed by atoms with Crippen molar-refractivity contribution in [3.8, 4) is 0 Å². The van der Waals surface area contributed by atoms with E-state index < -0.39 is 0 Å². The highest BCUT2D eigenvalue weighted by Gasteiger charge is 2.37. The SMILES string of the molecule is Clc1ccc(Cn2ccc(CN3CCC(c4ccccc4)(c4ccccc4)CC3)n2)cc1. The van der Waals surface area contributed by atoms with E-state index in [0.717, 1.165) is 49.7 Å². The molecule has 4 heteroatoms. The lowest BCUT2D eigenvalue weighted by atomic mass is 9.68. The zero-order chi connectivity index (χ0) is 21.8. The molecule has 1 fully saturated rings. The first-order chi connectivity index (χ1) is 15.7. The monoisotopic (exact) mass is 441 g/mol. The maximum absolute atomic E-state index is 6.00. The maximum atomic E-state index is 6.00. The van der Waals surface area contributed by atoms with E-state index >= 15 is 0 Å². The van der Waals surface area contributed by atoms with Crippen LogP contribution >= 0.6 is 11.6 Å². The van der Waals surface area contributed by atoms with Crippen LogP contribution in [0.15, 0.2) is 97.2 Å². The summed E-state index contributed by atoms with van der Waals surface area (Å²) in [5.74, 6) is 0. The van der Waals surface area contributed by atoms with Crippen LogP contribution in [0, 0.1) is 0 Å². The smallest absolute Gasteiger partial charge is 0.0764 e. The van der Waals surface area contributed by atoms with Crippen LogP contribution in [0.2, 0.25) is 5.02 Å². The van der Waals surface area contributed by atoms with Gasteiger partial charge in [-0.1, -0.05) is 84.4 Å². The summed E-state index contributed by atoms with van der Waals surface area (Å²) >= 11 is 6.00. The third kappa shape index (κ3) is 4.50. The Hall–Kier alpha value is -2.88. The fourth-order valence-electron chi connectivity index (χ4n) is 4.93. The van der Waals surface area contributed by atoms with Crippen LogP contribution in [0.4, 0.5) is 0 Å². The summed E-state index contributed by atoms with van der Waals surface area (Å²) in [7, 11) is 0. The van der Waals surface area contributed by atoms with Crippen LogP contribution < -0.4 is 0 Å². The van der Waals surface area contributed by atoms with Gasteiger partial charge < -0.3 is 0 Å². The molecule has 32 heavy (non-hydrogen) atoms. The summed E-state index contributed by atoms with van der Waals surface area (Å²) in [6, 6.07) is 32.2. The topological polar surface area (TPSA) is 21.1 Å². The van der Waals surface area contributed by atoms with Crippen molar-refractivity contribution in [2.45, 2.75) is 31.3 Å². The number of benzene rings is 3. The number of rotatable bonds is 6. The maximum Gasteiger partial charge on any atom is 0.0764 e. The van der Waals surface area contributed by atoms with E-state index in [1.165, 1.54) is 16.7 Å². The van der Waals surface area contributed by atoms with Crippen molar-refractivity contribution in [2.24, 2.45) is 0 Å². The zero-order valence-corrected chi connectivity index (χ0v) is 19.0. The predicted molar refractivity (Wildman–Crippen MR) is 131 cm³/mol. The summed E-state index contributed by atoms with van der Waals surface area (Å²) in [5.41, 5.74) is 5.28. The quantitative estimate of drug-likeness (QED) is 0.357. The van der Waals surface area contributed by atoms with Gasteiger partial charge in [0, 0.05) is 23.2 Å². The van der Waals surface area contributed by atoms with Crippen LogP contribution in [-0.4, -0.2) is 27.8 Å². The van der Waals surface area contributed by atoms with Gasteiger partial charge >= 0.3 is 0 Å². The second-order valence-corrected chi connectivity index (χ2v) is 9.16. The summed E-state index contributed by atoms with van der Waals surface area (Å²) in [5, 5.41) is 5.58. The molecule has 4 aromatic rings. The van der Waals surface area contributed by atoms with Gasteiger partial charge in [-0.3, -0.25) is 9.58 Å². The van der Waals surface area contributed by atoms with Gasteiger partial charge in [0.2, 0.25) is 0 Å². The molecule has 1 aliphatic heterocycles. The number of halogens is 1. The Kier molecular flexibility index (Phi) is 6.11. The van der Waals surface area contributed by atoms with Crippen LogP contribution in [0.25, 0.3) is 0 Å². The molecule has 0 bridgehead atoms. The first-order valence-corrected chi connectivity index (χ1v) is 11.7. The van der Waals surface area contributed by atoms with E-state index in [2.05, 4.69) is 90.0 Å². The fraction of sp³-hybridized carbons (Fsp3) is 0.250. The third-order valence-corrected chi connectivity index (χ3v) is 6.95. The Morgan fingerprint density at radius 3 is 1.91 bits per heavy atom. The van der Waals surface area contributed by atoms with Crippen molar-refractivity contribution in [2.75, 3.05) is 13.1 Å². The number of likely N-dealkylation sites (tertiary alicyclic amines) is 1. The Labute approximate surface area is 195 Å². The Bertz CT molecular complexity index is 1090. The van der Waals surface area contributed by atoms with Gasteiger partial charge in [0.1, 0.15) is 0 Å². The van der Waals surface area contributed by atoms with Gasteiger partial charge in [-0.2, -0.15) is 5.10 Å². The van der Waals surface area contributed by atoms with Crippen molar-refractivity contribution < 1.29 is 0 Å². The summed E-state index contributed by atoms with van der Waals surface area (Å²) in [4.78, 5) is 2.54. The van der Waals surface area contributed by atoms with Crippen molar-refractivity contribution in [3.63, 3.8) is 0 Å². The minimum Gasteiger partial charge on any atom is -0.297 e. The summed E-state index contributed by atoms with van der Waals surface area (Å²) < 4.78 is 2.01. The van der Waals surface area contributed by atoms with Crippen molar-refractivity contribution in [1.82, 2.24) is 14.7 Å². The fourth-order valence-corrected chi connectivity index (χ4v) is 5.06. The molecule has 3 nitrogen and oxygen atoms in total. The van der Waals surface area contributed by atoms with E-state index in [1.807, 2.05) is 16.8 Å². The highest BCUT2D eigenvalue weighted by molar-refractivity contribution is 6.30. The Morgan fingerprint density at radius 2 is 1.31 bits per heavy atom. The van der Waals surface area contributed by atoms with E-state index in [-0.39, 0.29) is 5.41 Å². The molecule has 5 rings (SSSR count). The number of nitrogens with zero attached hydrogens (tertiary/aromatic N) is 3. The van der Waals surface area contributed by atoms with Gasteiger partial charge in [0.05, 0.1) is 12.2 Å². The molecular weight excluding hydrogens is 414 g/mol. The molecule has 0 atom stereocenters. The summed E-state index contributed by atoms with van der Waals surface area (Å²) in [6.07, 6.45) is 4.31. The molecule has 1 aromatic heterocycles. The minimum atomic E-state index is 0.0902. The molecule has 0 radical (unpaired) electrons. The van der Waals surface area contributed by atoms with Crippen molar-refractivity contribution >= 4 is 11.6 Å². The molecule has 0 amide bonds.